The van der Waals surface area contributed by atoms with Crippen molar-refractivity contribution in [1.29, 1.82) is 0 Å². The molecule has 0 radical (unpaired) electrons. The van der Waals surface area contributed by atoms with Gasteiger partial charge in [0.05, 0.1) is 6.04 Å². The summed E-state index contributed by atoms with van der Waals surface area (Å²) >= 11 is 6.21. The Labute approximate surface area is 124 Å². The Morgan fingerprint density at radius 1 is 1.15 bits per heavy atom. The first-order chi connectivity index (χ1) is 9.52. The molecule has 0 aliphatic heterocycles. The van der Waals surface area contributed by atoms with E-state index in [1.165, 1.54) is 6.07 Å². The number of rotatable bonds is 4. The number of nitrogens with one attached hydrogen (secondary N) is 1. The minimum atomic E-state index is -0.275. The minimum absolute atomic E-state index is 0.229. The van der Waals surface area contributed by atoms with Crippen molar-refractivity contribution in [2.45, 2.75) is 26.8 Å². The predicted octanol–water partition coefficient (Wildman–Crippen LogP) is 4.79. The molecule has 1 atom stereocenters. The molecule has 0 heterocycles. The lowest BCUT2D eigenvalue weighted by Crippen LogP contribution is -2.23. The summed E-state index contributed by atoms with van der Waals surface area (Å²) in [6.45, 7) is 6.83. The van der Waals surface area contributed by atoms with Crippen molar-refractivity contribution in [2.75, 3.05) is 6.54 Å². The van der Waals surface area contributed by atoms with Gasteiger partial charge in [-0.3, -0.25) is 0 Å². The van der Waals surface area contributed by atoms with Gasteiger partial charge in [0.15, 0.2) is 0 Å². The number of halogens is 2. The van der Waals surface area contributed by atoms with Gasteiger partial charge < -0.3 is 5.32 Å². The van der Waals surface area contributed by atoms with Gasteiger partial charge in [0.25, 0.3) is 0 Å². The highest BCUT2D eigenvalue weighted by Crippen LogP contribution is 2.31. The van der Waals surface area contributed by atoms with Crippen LogP contribution in [0.1, 0.15) is 35.2 Å². The monoisotopic (exact) mass is 291 g/mol. The van der Waals surface area contributed by atoms with Crippen molar-refractivity contribution in [3.05, 3.63) is 69.5 Å². The van der Waals surface area contributed by atoms with Crippen molar-refractivity contribution in [3.8, 4) is 0 Å². The molecular weight excluding hydrogens is 273 g/mol. The average molecular weight is 292 g/mol. The van der Waals surface area contributed by atoms with Crippen molar-refractivity contribution >= 4 is 11.6 Å². The fraction of sp³-hybridized carbons (Fsp3) is 0.294. The van der Waals surface area contributed by atoms with Crippen LogP contribution in [0.25, 0.3) is 0 Å². The highest BCUT2D eigenvalue weighted by atomic mass is 35.5. The van der Waals surface area contributed by atoms with Gasteiger partial charge in [-0.25, -0.2) is 4.39 Å². The number of aryl methyl sites for hydroxylation is 2. The van der Waals surface area contributed by atoms with Crippen molar-refractivity contribution in [3.63, 3.8) is 0 Å². The molecule has 1 N–H and O–H groups in total. The zero-order valence-corrected chi connectivity index (χ0v) is 12.8. The Kier molecular flexibility index (Phi) is 4.79. The Hall–Kier alpha value is -1.38. The van der Waals surface area contributed by atoms with Crippen LogP contribution in [-0.2, 0) is 0 Å². The van der Waals surface area contributed by atoms with E-state index in [0.717, 1.165) is 23.2 Å². The number of hydrogen-bond donors (Lipinski definition) is 1. The van der Waals surface area contributed by atoms with Gasteiger partial charge in [-0.1, -0.05) is 53.9 Å². The molecule has 20 heavy (non-hydrogen) atoms. The molecule has 0 fully saturated rings. The molecule has 1 nitrogen and oxygen atoms in total. The van der Waals surface area contributed by atoms with E-state index in [2.05, 4.69) is 23.5 Å². The zero-order valence-electron chi connectivity index (χ0n) is 12.0. The second-order valence-corrected chi connectivity index (χ2v) is 5.45. The van der Waals surface area contributed by atoms with Crippen LogP contribution in [0, 0.1) is 19.7 Å². The highest BCUT2D eigenvalue weighted by Gasteiger charge is 2.20. The van der Waals surface area contributed by atoms with Crippen LogP contribution in [0.5, 0.6) is 0 Å². The van der Waals surface area contributed by atoms with Crippen LogP contribution >= 0.6 is 11.6 Å². The molecule has 0 aliphatic carbocycles. The fourth-order valence-corrected chi connectivity index (χ4v) is 2.83. The van der Waals surface area contributed by atoms with E-state index < -0.39 is 0 Å². The molecule has 0 amide bonds. The topological polar surface area (TPSA) is 12.0 Å². The first kappa shape index (κ1) is 15.0. The summed E-state index contributed by atoms with van der Waals surface area (Å²) < 4.78 is 14.2. The van der Waals surface area contributed by atoms with E-state index in [9.17, 15) is 4.39 Å². The van der Waals surface area contributed by atoms with Crippen LogP contribution < -0.4 is 5.32 Å². The largest absolute Gasteiger partial charge is 0.306 e. The normalized spacial score (nSPS) is 12.4. The molecule has 0 aliphatic rings. The quantitative estimate of drug-likeness (QED) is 0.853. The van der Waals surface area contributed by atoms with E-state index in [1.807, 2.05) is 20.8 Å². The summed E-state index contributed by atoms with van der Waals surface area (Å²) in [4.78, 5) is 0. The molecule has 0 saturated heterocycles. The van der Waals surface area contributed by atoms with Gasteiger partial charge in [-0.05, 0) is 38.1 Å². The van der Waals surface area contributed by atoms with E-state index >= 15 is 0 Å². The third-order valence-electron chi connectivity index (χ3n) is 3.27. The second-order valence-electron chi connectivity index (χ2n) is 5.05. The Bertz CT molecular complexity index is 569. The SMILES string of the molecule is CCNC(c1cc(C)cc(C)c1)c1c(F)cccc1Cl. The number of hydrogen-bond acceptors (Lipinski definition) is 1. The minimum Gasteiger partial charge on any atom is -0.306 e. The lowest BCUT2D eigenvalue weighted by molar-refractivity contribution is 0.559. The van der Waals surface area contributed by atoms with Crippen LogP contribution in [0.15, 0.2) is 36.4 Å². The average Bonchev–Trinajstić information content (AvgIpc) is 2.36. The van der Waals surface area contributed by atoms with E-state index in [4.69, 9.17) is 11.6 Å². The molecule has 2 rings (SSSR count). The maximum Gasteiger partial charge on any atom is 0.129 e. The summed E-state index contributed by atoms with van der Waals surface area (Å²) in [7, 11) is 0. The van der Waals surface area contributed by atoms with Crippen LogP contribution in [0.3, 0.4) is 0 Å². The van der Waals surface area contributed by atoms with E-state index in [0.29, 0.717) is 10.6 Å². The molecule has 1 unspecified atom stereocenters. The highest BCUT2D eigenvalue weighted by molar-refractivity contribution is 6.31. The molecule has 106 valence electrons. The van der Waals surface area contributed by atoms with Crippen LogP contribution in [0.2, 0.25) is 5.02 Å². The summed E-state index contributed by atoms with van der Waals surface area (Å²) in [5, 5.41) is 3.78. The second kappa shape index (κ2) is 6.38. The van der Waals surface area contributed by atoms with Crippen LogP contribution in [0.4, 0.5) is 4.39 Å². The van der Waals surface area contributed by atoms with Gasteiger partial charge in [-0.2, -0.15) is 0 Å². The summed E-state index contributed by atoms with van der Waals surface area (Å²) in [5.74, 6) is -0.275. The van der Waals surface area contributed by atoms with Crippen molar-refractivity contribution in [1.82, 2.24) is 5.32 Å². The summed E-state index contributed by atoms with van der Waals surface area (Å²) in [6, 6.07) is 10.8. The van der Waals surface area contributed by atoms with Gasteiger partial charge in [0.2, 0.25) is 0 Å². The van der Waals surface area contributed by atoms with E-state index in [1.54, 1.807) is 12.1 Å². The van der Waals surface area contributed by atoms with Gasteiger partial charge >= 0.3 is 0 Å². The molecule has 2 aromatic carbocycles. The van der Waals surface area contributed by atoms with Gasteiger partial charge in [0, 0.05) is 10.6 Å². The Balaban J connectivity index is 2.56. The maximum atomic E-state index is 14.2. The first-order valence-corrected chi connectivity index (χ1v) is 7.16. The standard InChI is InChI=1S/C17H19ClFN/c1-4-20-17(13-9-11(2)8-12(3)10-13)16-14(18)6-5-7-15(16)19/h5-10,17,20H,4H2,1-3H3. The fourth-order valence-electron chi connectivity index (χ4n) is 2.55. The third-order valence-corrected chi connectivity index (χ3v) is 3.60. The first-order valence-electron chi connectivity index (χ1n) is 6.78. The maximum absolute atomic E-state index is 14.2. The smallest absolute Gasteiger partial charge is 0.129 e. The molecule has 0 spiro atoms. The third kappa shape index (κ3) is 3.20. The molecule has 2 aromatic rings. The van der Waals surface area contributed by atoms with Crippen LogP contribution in [-0.4, -0.2) is 6.54 Å². The van der Waals surface area contributed by atoms with Crippen molar-refractivity contribution in [2.24, 2.45) is 0 Å². The van der Waals surface area contributed by atoms with Crippen molar-refractivity contribution < 1.29 is 4.39 Å². The van der Waals surface area contributed by atoms with Gasteiger partial charge in [0.1, 0.15) is 5.82 Å². The molecule has 0 saturated carbocycles. The predicted molar refractivity (Wildman–Crippen MR) is 82.8 cm³/mol. The molecular formula is C17H19ClFN. The molecule has 0 aromatic heterocycles. The Morgan fingerprint density at radius 2 is 1.80 bits per heavy atom. The summed E-state index contributed by atoms with van der Waals surface area (Å²) in [5.41, 5.74) is 3.88. The lowest BCUT2D eigenvalue weighted by Gasteiger charge is -2.21. The molecule has 0 bridgehead atoms. The van der Waals surface area contributed by atoms with Gasteiger partial charge in [-0.15, -0.1) is 0 Å². The Morgan fingerprint density at radius 3 is 2.35 bits per heavy atom. The van der Waals surface area contributed by atoms with E-state index in [-0.39, 0.29) is 11.9 Å². The number of benzene rings is 2. The zero-order chi connectivity index (χ0) is 14.7. The lowest BCUT2D eigenvalue weighted by atomic mass is 9.95. The summed E-state index contributed by atoms with van der Waals surface area (Å²) in [6.07, 6.45) is 0. The molecule has 3 heteroatoms.